The molecule has 2 aliphatic rings. The number of aliphatic hydroxyl groups is 1. The second-order valence-corrected chi connectivity index (χ2v) is 9.65. The molecule has 2 saturated heterocycles. The SMILES string of the molecule is Cc1ccc(N(C)C(O)c2ccnc(C(F)(F)F)c2)cc1-c1cnc(C#CC2COC2)c(N2CCOCC2)c1. The van der Waals surface area contributed by atoms with E-state index in [4.69, 9.17) is 14.5 Å². The van der Waals surface area contributed by atoms with Crippen molar-refractivity contribution in [3.63, 3.8) is 0 Å². The van der Waals surface area contributed by atoms with E-state index in [-0.39, 0.29) is 11.5 Å². The molecule has 1 N–H and O–H groups in total. The number of alkyl halides is 3. The third-order valence-electron chi connectivity index (χ3n) is 6.93. The molecular formula is C29H29F3N4O3. The molecule has 2 fully saturated rings. The van der Waals surface area contributed by atoms with Crippen LogP contribution < -0.4 is 9.80 Å². The summed E-state index contributed by atoms with van der Waals surface area (Å²) in [5, 5.41) is 10.9. The van der Waals surface area contributed by atoms with Crippen LogP contribution in [0, 0.1) is 24.7 Å². The first-order valence-electron chi connectivity index (χ1n) is 12.7. The highest BCUT2D eigenvalue weighted by molar-refractivity contribution is 5.76. The van der Waals surface area contributed by atoms with Gasteiger partial charge in [0.15, 0.2) is 6.23 Å². The summed E-state index contributed by atoms with van der Waals surface area (Å²) in [5.74, 6) is 6.70. The van der Waals surface area contributed by atoms with Crippen molar-refractivity contribution in [3.8, 4) is 23.0 Å². The van der Waals surface area contributed by atoms with Crippen molar-refractivity contribution in [2.24, 2.45) is 5.92 Å². The van der Waals surface area contributed by atoms with Gasteiger partial charge in [0.25, 0.3) is 0 Å². The summed E-state index contributed by atoms with van der Waals surface area (Å²) in [6, 6.07) is 9.96. The Hall–Kier alpha value is -3.65. The molecule has 4 heterocycles. The zero-order valence-electron chi connectivity index (χ0n) is 21.7. The van der Waals surface area contributed by atoms with Crippen LogP contribution in [-0.4, -0.2) is 61.6 Å². The number of aromatic nitrogens is 2. The number of nitrogens with zero attached hydrogens (tertiary/aromatic N) is 4. The van der Waals surface area contributed by atoms with E-state index in [1.807, 2.05) is 25.1 Å². The average Bonchev–Trinajstić information content (AvgIpc) is 2.92. The van der Waals surface area contributed by atoms with E-state index < -0.39 is 18.1 Å². The number of aliphatic hydroxyl groups excluding tert-OH is 1. The minimum absolute atomic E-state index is 0.0954. The highest BCUT2D eigenvalue weighted by Crippen LogP contribution is 2.34. The van der Waals surface area contributed by atoms with E-state index in [9.17, 15) is 18.3 Å². The smallest absolute Gasteiger partial charge is 0.379 e. The predicted molar refractivity (Wildman–Crippen MR) is 141 cm³/mol. The molecule has 0 bridgehead atoms. The zero-order chi connectivity index (χ0) is 27.6. The van der Waals surface area contributed by atoms with E-state index in [2.05, 4.69) is 27.8 Å². The molecule has 0 radical (unpaired) electrons. The van der Waals surface area contributed by atoms with Gasteiger partial charge in [-0.2, -0.15) is 13.2 Å². The molecule has 5 rings (SSSR count). The van der Waals surface area contributed by atoms with E-state index in [1.54, 1.807) is 13.2 Å². The third-order valence-corrected chi connectivity index (χ3v) is 6.93. The summed E-state index contributed by atoms with van der Waals surface area (Å²) >= 11 is 0. The standard InChI is InChI=1S/C29H29F3N4O3/c1-19-3-5-23(35(2)28(37)21-7-8-33-27(14-21)29(30,31)32)15-24(19)22-13-26(36-9-11-38-12-10-36)25(34-16-22)6-4-20-17-39-18-20/h3,5,7-8,13-16,20,28,37H,9-12,17-18H2,1-2H3. The summed E-state index contributed by atoms with van der Waals surface area (Å²) in [7, 11) is 1.63. The van der Waals surface area contributed by atoms with Crippen molar-refractivity contribution >= 4 is 11.4 Å². The molecule has 7 nitrogen and oxygen atoms in total. The first-order valence-corrected chi connectivity index (χ1v) is 12.7. The molecule has 0 saturated carbocycles. The Morgan fingerprint density at radius 2 is 1.85 bits per heavy atom. The quantitative estimate of drug-likeness (QED) is 0.381. The lowest BCUT2D eigenvalue weighted by Gasteiger charge is -2.30. The number of anilines is 2. The molecule has 0 spiro atoms. The van der Waals surface area contributed by atoms with Gasteiger partial charge in [0.1, 0.15) is 11.4 Å². The van der Waals surface area contributed by atoms with Crippen LogP contribution in [0.4, 0.5) is 24.5 Å². The molecule has 1 atom stereocenters. The lowest BCUT2D eigenvalue weighted by molar-refractivity contribution is -0.141. The van der Waals surface area contributed by atoms with Crippen molar-refractivity contribution in [1.29, 1.82) is 0 Å². The van der Waals surface area contributed by atoms with E-state index >= 15 is 0 Å². The molecule has 2 aliphatic heterocycles. The van der Waals surface area contributed by atoms with E-state index in [0.717, 1.165) is 47.7 Å². The molecule has 1 unspecified atom stereocenters. The van der Waals surface area contributed by atoms with Gasteiger partial charge in [0.05, 0.1) is 38.0 Å². The summed E-state index contributed by atoms with van der Waals surface area (Å²) in [4.78, 5) is 11.8. The number of morpholine rings is 1. The van der Waals surface area contributed by atoms with Gasteiger partial charge in [0.2, 0.25) is 0 Å². The molecule has 39 heavy (non-hydrogen) atoms. The normalized spacial score (nSPS) is 16.7. The fourth-order valence-electron chi connectivity index (χ4n) is 4.50. The monoisotopic (exact) mass is 538 g/mol. The van der Waals surface area contributed by atoms with Crippen LogP contribution in [0.1, 0.15) is 28.7 Å². The average molecular weight is 539 g/mol. The maximum absolute atomic E-state index is 13.2. The van der Waals surface area contributed by atoms with E-state index in [0.29, 0.717) is 37.8 Å². The molecule has 204 valence electrons. The van der Waals surface area contributed by atoms with Gasteiger partial charge in [-0.05, 0) is 54.3 Å². The summed E-state index contributed by atoms with van der Waals surface area (Å²) in [6.07, 6.45) is -3.07. The summed E-state index contributed by atoms with van der Waals surface area (Å²) in [6.45, 7) is 5.96. The fraction of sp³-hybridized carbons (Fsp3) is 0.379. The second kappa shape index (κ2) is 11.2. The molecule has 3 aromatic rings. The number of aryl methyl sites for hydroxylation is 1. The Labute approximate surface area is 225 Å². The van der Waals surface area contributed by atoms with Crippen LogP contribution in [0.15, 0.2) is 48.8 Å². The first kappa shape index (κ1) is 26.9. The van der Waals surface area contributed by atoms with Crippen molar-refractivity contribution in [2.75, 3.05) is 56.4 Å². The van der Waals surface area contributed by atoms with Crippen LogP contribution in [-0.2, 0) is 15.7 Å². The topological polar surface area (TPSA) is 71.0 Å². The Morgan fingerprint density at radius 1 is 1.08 bits per heavy atom. The van der Waals surface area contributed by atoms with Crippen LogP contribution in [0.25, 0.3) is 11.1 Å². The maximum atomic E-state index is 13.2. The number of pyridine rings is 2. The van der Waals surface area contributed by atoms with Crippen LogP contribution in [0.5, 0.6) is 0 Å². The number of halogens is 3. The number of rotatable bonds is 5. The lowest BCUT2D eigenvalue weighted by atomic mass is 9.99. The van der Waals surface area contributed by atoms with Crippen LogP contribution in [0.3, 0.4) is 0 Å². The molecule has 0 aliphatic carbocycles. The Kier molecular flexibility index (Phi) is 7.75. The van der Waals surface area contributed by atoms with E-state index in [1.165, 1.54) is 11.0 Å². The maximum Gasteiger partial charge on any atom is 0.433 e. The predicted octanol–water partition coefficient (Wildman–Crippen LogP) is 4.43. The molecule has 2 aromatic heterocycles. The number of hydrogen-bond donors (Lipinski definition) is 1. The third kappa shape index (κ3) is 6.01. The molecular weight excluding hydrogens is 509 g/mol. The van der Waals surface area contributed by atoms with Crippen molar-refractivity contribution in [3.05, 3.63) is 71.3 Å². The minimum Gasteiger partial charge on any atom is -0.379 e. The minimum atomic E-state index is -4.60. The van der Waals surface area contributed by atoms with Gasteiger partial charge in [-0.3, -0.25) is 4.98 Å². The van der Waals surface area contributed by atoms with Crippen molar-refractivity contribution < 1.29 is 27.8 Å². The Morgan fingerprint density at radius 3 is 2.54 bits per heavy atom. The van der Waals surface area contributed by atoms with Gasteiger partial charge in [0, 0.05) is 49.3 Å². The Balaban J connectivity index is 1.47. The van der Waals surface area contributed by atoms with Gasteiger partial charge in [-0.15, -0.1) is 0 Å². The van der Waals surface area contributed by atoms with Crippen LogP contribution in [0.2, 0.25) is 0 Å². The van der Waals surface area contributed by atoms with Crippen LogP contribution >= 0.6 is 0 Å². The summed E-state index contributed by atoms with van der Waals surface area (Å²) < 4.78 is 50.2. The molecule has 0 amide bonds. The number of benzene rings is 1. The van der Waals surface area contributed by atoms with Crippen molar-refractivity contribution in [2.45, 2.75) is 19.3 Å². The first-order chi connectivity index (χ1) is 18.7. The highest BCUT2D eigenvalue weighted by Gasteiger charge is 2.33. The Bertz CT molecular complexity index is 1390. The highest BCUT2D eigenvalue weighted by atomic mass is 19.4. The van der Waals surface area contributed by atoms with Gasteiger partial charge in [-0.25, -0.2) is 4.98 Å². The largest absolute Gasteiger partial charge is 0.433 e. The van der Waals surface area contributed by atoms with Crippen molar-refractivity contribution in [1.82, 2.24) is 9.97 Å². The van der Waals surface area contributed by atoms with Gasteiger partial charge >= 0.3 is 6.18 Å². The van der Waals surface area contributed by atoms with Gasteiger partial charge < -0.3 is 24.4 Å². The molecule has 1 aromatic carbocycles. The number of hydrogen-bond acceptors (Lipinski definition) is 7. The fourth-order valence-corrected chi connectivity index (χ4v) is 4.50. The second-order valence-electron chi connectivity index (χ2n) is 9.65. The number of ether oxygens (including phenoxy) is 2. The molecule has 10 heteroatoms. The summed E-state index contributed by atoms with van der Waals surface area (Å²) in [5.41, 5.74) is 4.07. The lowest BCUT2D eigenvalue weighted by Crippen LogP contribution is -2.36. The zero-order valence-corrected chi connectivity index (χ0v) is 21.7. The van der Waals surface area contributed by atoms with Gasteiger partial charge in [-0.1, -0.05) is 12.0 Å².